The molecule has 2 bridgehead atoms. The number of aryl methyl sites for hydroxylation is 1. The van der Waals surface area contributed by atoms with Crippen LogP contribution in [0, 0.1) is 6.92 Å². The van der Waals surface area contributed by atoms with Gasteiger partial charge in [-0.1, -0.05) is 0 Å². The average Bonchev–Trinajstić information content (AvgIpc) is 2.99. The summed E-state index contributed by atoms with van der Waals surface area (Å²) < 4.78 is 0. The molecule has 2 aliphatic heterocycles. The molecular formula is C19H23N5O. The lowest BCUT2D eigenvalue weighted by atomic mass is 10.1. The van der Waals surface area contributed by atoms with Gasteiger partial charge in [-0.2, -0.15) is 0 Å². The smallest absolute Gasteiger partial charge is 0.323 e. The molecule has 2 amide bonds. The highest BCUT2D eigenvalue weighted by Crippen LogP contribution is 2.40. The molecule has 0 unspecified atom stereocenters. The van der Waals surface area contributed by atoms with E-state index in [4.69, 9.17) is 4.98 Å². The minimum Gasteiger partial charge on any atom is -0.366 e. The Bertz CT molecular complexity index is 802. The largest absolute Gasteiger partial charge is 0.366 e. The molecule has 0 aliphatic carbocycles. The van der Waals surface area contributed by atoms with Gasteiger partial charge < -0.3 is 10.2 Å². The molecule has 1 atom stereocenters. The fourth-order valence-corrected chi connectivity index (χ4v) is 3.57. The summed E-state index contributed by atoms with van der Waals surface area (Å²) in [6.45, 7) is 7.77. The van der Waals surface area contributed by atoms with Crippen LogP contribution in [-0.2, 0) is 0 Å². The number of amides is 2. The Morgan fingerprint density at radius 2 is 2.12 bits per heavy atom. The van der Waals surface area contributed by atoms with Crippen molar-refractivity contribution >= 4 is 17.5 Å². The first-order valence-electron chi connectivity index (χ1n) is 8.81. The van der Waals surface area contributed by atoms with Crippen molar-refractivity contribution in [1.29, 1.82) is 0 Å². The first kappa shape index (κ1) is 15.9. The number of anilines is 2. The van der Waals surface area contributed by atoms with E-state index in [9.17, 15) is 4.79 Å². The van der Waals surface area contributed by atoms with Crippen LogP contribution >= 0.6 is 0 Å². The summed E-state index contributed by atoms with van der Waals surface area (Å²) in [6.07, 6.45) is 2.81. The van der Waals surface area contributed by atoms with Crippen LogP contribution in [0.3, 0.4) is 0 Å². The van der Waals surface area contributed by atoms with E-state index in [-0.39, 0.29) is 18.1 Å². The number of aromatic nitrogens is 2. The highest BCUT2D eigenvalue weighted by atomic mass is 16.2. The third-order valence-corrected chi connectivity index (χ3v) is 4.79. The molecule has 25 heavy (non-hydrogen) atoms. The molecule has 2 aromatic heterocycles. The number of pyridine rings is 2. The second kappa shape index (κ2) is 6.02. The summed E-state index contributed by atoms with van der Waals surface area (Å²) in [5.41, 5.74) is 3.82. The molecule has 6 heteroatoms. The fraction of sp³-hybridized carbons (Fsp3) is 0.421. The lowest BCUT2D eigenvalue weighted by molar-refractivity contribution is 0.242. The van der Waals surface area contributed by atoms with Gasteiger partial charge in [0, 0.05) is 36.6 Å². The van der Waals surface area contributed by atoms with Crippen LogP contribution in [0.1, 0.15) is 26.0 Å². The van der Waals surface area contributed by atoms with Crippen LogP contribution in [0.2, 0.25) is 0 Å². The predicted octanol–water partition coefficient (Wildman–Crippen LogP) is 2.97. The van der Waals surface area contributed by atoms with Crippen LogP contribution in [0.15, 0.2) is 30.5 Å². The van der Waals surface area contributed by atoms with Gasteiger partial charge >= 0.3 is 6.03 Å². The zero-order valence-corrected chi connectivity index (χ0v) is 14.9. The molecule has 1 N–H and O–H groups in total. The van der Waals surface area contributed by atoms with Gasteiger partial charge in [-0.05, 0) is 51.5 Å². The van der Waals surface area contributed by atoms with Gasteiger partial charge in [-0.15, -0.1) is 0 Å². The Morgan fingerprint density at radius 3 is 2.84 bits per heavy atom. The first-order valence-corrected chi connectivity index (χ1v) is 8.81. The number of carbonyl (C=O) groups excluding carboxylic acids is 1. The summed E-state index contributed by atoms with van der Waals surface area (Å²) in [6, 6.07) is 8.32. The van der Waals surface area contributed by atoms with Crippen LogP contribution in [0.5, 0.6) is 0 Å². The highest BCUT2D eigenvalue weighted by molar-refractivity contribution is 5.97. The quantitative estimate of drug-likeness (QED) is 0.915. The predicted molar refractivity (Wildman–Crippen MR) is 99.0 cm³/mol. The molecule has 2 aromatic rings. The van der Waals surface area contributed by atoms with Gasteiger partial charge in [-0.25, -0.2) is 9.78 Å². The Balaban J connectivity index is 1.76. The maximum absolute atomic E-state index is 12.8. The Labute approximate surface area is 147 Å². The van der Waals surface area contributed by atoms with E-state index in [2.05, 4.69) is 21.3 Å². The van der Waals surface area contributed by atoms with Crippen LogP contribution in [-0.4, -0.2) is 41.2 Å². The van der Waals surface area contributed by atoms with Crippen molar-refractivity contribution in [2.45, 2.75) is 39.3 Å². The molecule has 1 saturated heterocycles. The zero-order valence-electron chi connectivity index (χ0n) is 14.9. The average molecular weight is 337 g/mol. The van der Waals surface area contributed by atoms with E-state index in [0.29, 0.717) is 0 Å². The molecule has 0 spiro atoms. The van der Waals surface area contributed by atoms with E-state index in [1.165, 1.54) is 0 Å². The lowest BCUT2D eigenvalue weighted by Crippen LogP contribution is -2.52. The summed E-state index contributed by atoms with van der Waals surface area (Å²) in [4.78, 5) is 26.2. The number of nitrogens with zero attached hydrogens (tertiary/aromatic N) is 4. The number of urea groups is 1. The second-order valence-electron chi connectivity index (χ2n) is 7.09. The van der Waals surface area contributed by atoms with E-state index >= 15 is 0 Å². The normalized spacial score (nSPS) is 18.5. The zero-order chi connectivity index (χ0) is 17.6. The van der Waals surface area contributed by atoms with Gasteiger partial charge in [0.2, 0.25) is 0 Å². The highest BCUT2D eigenvalue weighted by Gasteiger charge is 2.40. The van der Waals surface area contributed by atoms with E-state index in [1.807, 2.05) is 50.1 Å². The Kier molecular flexibility index (Phi) is 3.82. The van der Waals surface area contributed by atoms with Crippen molar-refractivity contribution in [3.8, 4) is 11.3 Å². The number of rotatable bonds is 2. The molecule has 0 radical (unpaired) electrons. The molecule has 6 nitrogen and oxygen atoms in total. The Morgan fingerprint density at radius 1 is 1.28 bits per heavy atom. The Hall–Kier alpha value is -2.63. The van der Waals surface area contributed by atoms with Crippen LogP contribution in [0.4, 0.5) is 16.3 Å². The topological polar surface area (TPSA) is 61.4 Å². The van der Waals surface area contributed by atoms with Crippen molar-refractivity contribution in [3.63, 3.8) is 0 Å². The monoisotopic (exact) mass is 337 g/mol. The molecule has 1 fully saturated rings. The van der Waals surface area contributed by atoms with Crippen molar-refractivity contribution in [3.05, 3.63) is 36.2 Å². The second-order valence-corrected chi connectivity index (χ2v) is 7.09. The standard InChI is InChI=1S/C19H23N5O/c1-12(2)21-19(25)24-15-8-9-23(11-15)17-7-6-16(22-18(17)24)14-5-4-13(3)20-10-14/h4-7,10,12,15H,8-9,11H2,1-3H3,(H,21,25)/t15-/m0/s1. The number of carbonyl (C=O) groups is 1. The number of hydrogen-bond donors (Lipinski definition) is 1. The van der Waals surface area contributed by atoms with Gasteiger partial charge in [0.15, 0.2) is 5.82 Å². The molecule has 0 aromatic carbocycles. The summed E-state index contributed by atoms with van der Waals surface area (Å²) >= 11 is 0. The summed E-state index contributed by atoms with van der Waals surface area (Å²) in [7, 11) is 0. The first-order chi connectivity index (χ1) is 12.0. The van der Waals surface area contributed by atoms with E-state index in [0.717, 1.165) is 48.0 Å². The lowest BCUT2D eigenvalue weighted by Gasteiger charge is -2.36. The number of hydrogen-bond acceptors (Lipinski definition) is 4. The minimum atomic E-state index is -0.0607. The van der Waals surface area contributed by atoms with Crippen molar-refractivity contribution in [2.24, 2.45) is 0 Å². The number of nitrogens with one attached hydrogen (secondary N) is 1. The summed E-state index contributed by atoms with van der Waals surface area (Å²) in [5, 5.41) is 3.02. The van der Waals surface area contributed by atoms with Gasteiger partial charge in [-0.3, -0.25) is 9.88 Å². The van der Waals surface area contributed by atoms with Crippen molar-refractivity contribution in [1.82, 2.24) is 15.3 Å². The van der Waals surface area contributed by atoms with E-state index in [1.54, 1.807) is 0 Å². The van der Waals surface area contributed by atoms with Gasteiger partial charge in [0.25, 0.3) is 0 Å². The third kappa shape index (κ3) is 2.81. The van der Waals surface area contributed by atoms with Crippen molar-refractivity contribution in [2.75, 3.05) is 22.9 Å². The van der Waals surface area contributed by atoms with Crippen LogP contribution < -0.4 is 15.1 Å². The minimum absolute atomic E-state index is 0.0607. The molecule has 130 valence electrons. The van der Waals surface area contributed by atoms with Gasteiger partial charge in [0.05, 0.1) is 17.4 Å². The summed E-state index contributed by atoms with van der Waals surface area (Å²) in [5.74, 6) is 0.755. The molecule has 2 aliphatic rings. The third-order valence-electron chi connectivity index (χ3n) is 4.79. The maximum atomic E-state index is 12.8. The molecular weight excluding hydrogens is 314 g/mol. The molecule has 4 rings (SSSR count). The molecule has 0 saturated carbocycles. The fourth-order valence-electron chi connectivity index (χ4n) is 3.57. The van der Waals surface area contributed by atoms with Crippen LogP contribution in [0.25, 0.3) is 11.3 Å². The van der Waals surface area contributed by atoms with E-state index < -0.39 is 0 Å². The van der Waals surface area contributed by atoms with Gasteiger partial charge in [0.1, 0.15) is 0 Å². The number of fused-ring (bicyclic) bond motifs is 4. The molecule has 4 heterocycles. The SMILES string of the molecule is Cc1ccc(-c2ccc3c(n2)N(C(=O)NC(C)C)[C@H]2CCN3C2)cn1. The maximum Gasteiger partial charge on any atom is 0.323 e. The van der Waals surface area contributed by atoms with Crippen molar-refractivity contribution < 1.29 is 4.79 Å².